The van der Waals surface area contributed by atoms with Crippen LogP contribution in [0, 0.1) is 0 Å². The molecule has 1 fully saturated rings. The number of anilines is 1. The summed E-state index contributed by atoms with van der Waals surface area (Å²) in [6, 6.07) is 5.69. The molecule has 4 nitrogen and oxygen atoms in total. The van der Waals surface area contributed by atoms with Crippen molar-refractivity contribution in [3.63, 3.8) is 0 Å². The summed E-state index contributed by atoms with van der Waals surface area (Å²) in [6.45, 7) is 4.46. The molecule has 0 radical (unpaired) electrons. The Morgan fingerprint density at radius 1 is 1.14 bits per heavy atom. The summed E-state index contributed by atoms with van der Waals surface area (Å²) in [5, 5.41) is 10.7. The molecule has 0 amide bonds. The number of rotatable bonds is 4. The number of benzene rings is 1. The van der Waals surface area contributed by atoms with Crippen LogP contribution in [0.25, 0.3) is 0 Å². The molecule has 0 bridgehead atoms. The van der Waals surface area contributed by atoms with E-state index < -0.39 is 6.10 Å². The van der Waals surface area contributed by atoms with Gasteiger partial charge < -0.3 is 15.7 Å². The van der Waals surface area contributed by atoms with Crippen molar-refractivity contribution in [3.8, 4) is 0 Å². The zero-order chi connectivity index (χ0) is 13.8. The van der Waals surface area contributed by atoms with Crippen LogP contribution >= 0.6 is 48.0 Å². The quantitative estimate of drug-likeness (QED) is 0.846. The maximum absolute atomic E-state index is 9.55. The number of hydrogen-bond acceptors (Lipinski definition) is 4. The molecule has 1 atom stereocenters. The van der Waals surface area contributed by atoms with Gasteiger partial charge in [-0.25, -0.2) is 0 Å². The lowest BCUT2D eigenvalue weighted by Crippen LogP contribution is -2.49. The topological polar surface area (TPSA) is 52.7 Å². The van der Waals surface area contributed by atoms with Crippen molar-refractivity contribution in [1.29, 1.82) is 0 Å². The summed E-state index contributed by atoms with van der Waals surface area (Å²) in [4.78, 5) is 4.44. The average molecular weight is 377 g/mol. The molecule has 1 aliphatic heterocycles. The SMILES string of the molecule is Cl.Cl.NCC(O)CN1CCN(c2cccc(Cl)c2Cl)CC1. The number of piperazine rings is 1. The molecule has 0 aromatic heterocycles. The van der Waals surface area contributed by atoms with Gasteiger partial charge in [-0.2, -0.15) is 0 Å². The smallest absolute Gasteiger partial charge is 0.0825 e. The van der Waals surface area contributed by atoms with Crippen molar-refractivity contribution >= 4 is 53.7 Å². The van der Waals surface area contributed by atoms with Gasteiger partial charge in [0.15, 0.2) is 0 Å². The monoisotopic (exact) mass is 375 g/mol. The van der Waals surface area contributed by atoms with Crippen molar-refractivity contribution in [2.45, 2.75) is 6.10 Å². The first-order valence-electron chi connectivity index (χ1n) is 6.41. The number of β-amino-alcohol motifs (C(OH)–C–C–N with tert-alkyl or cyclic N) is 1. The maximum Gasteiger partial charge on any atom is 0.0825 e. The minimum atomic E-state index is -0.443. The van der Waals surface area contributed by atoms with Crippen molar-refractivity contribution in [2.75, 3.05) is 44.2 Å². The third-order valence-electron chi connectivity index (χ3n) is 3.39. The third-order valence-corrected chi connectivity index (χ3v) is 4.19. The van der Waals surface area contributed by atoms with Gasteiger partial charge in [0, 0.05) is 39.3 Å². The lowest BCUT2D eigenvalue weighted by atomic mass is 10.2. The van der Waals surface area contributed by atoms with Crippen LogP contribution in [0.15, 0.2) is 18.2 Å². The number of aliphatic hydroxyl groups is 1. The number of halogens is 4. The molecule has 0 saturated carbocycles. The summed E-state index contributed by atoms with van der Waals surface area (Å²) in [7, 11) is 0. The molecular formula is C13H21Cl4N3O. The Kier molecular flexibility index (Phi) is 9.98. The van der Waals surface area contributed by atoms with Crippen LogP contribution in [0.4, 0.5) is 5.69 Å². The number of aliphatic hydroxyl groups excluding tert-OH is 1. The first-order chi connectivity index (χ1) is 9.11. The largest absolute Gasteiger partial charge is 0.390 e. The molecule has 1 aromatic carbocycles. The van der Waals surface area contributed by atoms with Crippen LogP contribution in [-0.2, 0) is 0 Å². The van der Waals surface area contributed by atoms with E-state index in [4.69, 9.17) is 28.9 Å². The van der Waals surface area contributed by atoms with Gasteiger partial charge in [-0.3, -0.25) is 4.90 Å². The molecule has 2 rings (SSSR count). The molecule has 1 heterocycles. The number of hydrogen-bond donors (Lipinski definition) is 2. The number of nitrogens with zero attached hydrogens (tertiary/aromatic N) is 2. The molecule has 3 N–H and O–H groups in total. The van der Waals surface area contributed by atoms with Crippen molar-refractivity contribution in [3.05, 3.63) is 28.2 Å². The molecule has 0 aliphatic carbocycles. The lowest BCUT2D eigenvalue weighted by molar-refractivity contribution is 0.115. The van der Waals surface area contributed by atoms with E-state index in [1.54, 1.807) is 6.07 Å². The molecule has 8 heteroatoms. The molecule has 1 unspecified atom stereocenters. The van der Waals surface area contributed by atoms with E-state index in [1.807, 2.05) is 12.1 Å². The third kappa shape index (κ3) is 5.64. The van der Waals surface area contributed by atoms with Crippen molar-refractivity contribution in [1.82, 2.24) is 4.90 Å². The Bertz CT molecular complexity index is 428. The highest BCUT2D eigenvalue weighted by atomic mass is 35.5. The first-order valence-corrected chi connectivity index (χ1v) is 7.17. The van der Waals surface area contributed by atoms with E-state index in [-0.39, 0.29) is 24.8 Å². The van der Waals surface area contributed by atoms with Crippen LogP contribution in [0.5, 0.6) is 0 Å². The Balaban J connectivity index is 0.00000200. The van der Waals surface area contributed by atoms with E-state index in [2.05, 4.69) is 9.80 Å². The van der Waals surface area contributed by atoms with Gasteiger partial charge in [-0.1, -0.05) is 29.3 Å². The molecule has 21 heavy (non-hydrogen) atoms. The number of nitrogens with two attached hydrogens (primary N) is 1. The van der Waals surface area contributed by atoms with E-state index in [1.165, 1.54) is 0 Å². The Morgan fingerprint density at radius 2 is 1.76 bits per heavy atom. The summed E-state index contributed by atoms with van der Waals surface area (Å²) < 4.78 is 0. The van der Waals surface area contributed by atoms with Crippen molar-refractivity contribution in [2.24, 2.45) is 5.73 Å². The Hall–Kier alpha value is 0.0600. The normalized spacial score (nSPS) is 16.9. The van der Waals surface area contributed by atoms with E-state index in [9.17, 15) is 5.11 Å². The predicted molar refractivity (Wildman–Crippen MR) is 94.7 cm³/mol. The molecule has 0 spiro atoms. The summed E-state index contributed by atoms with van der Waals surface area (Å²) in [5.41, 5.74) is 6.40. The summed E-state index contributed by atoms with van der Waals surface area (Å²) in [6.07, 6.45) is -0.443. The summed E-state index contributed by atoms with van der Waals surface area (Å²) in [5.74, 6) is 0. The van der Waals surface area contributed by atoms with Gasteiger partial charge in [0.2, 0.25) is 0 Å². The fraction of sp³-hybridized carbons (Fsp3) is 0.538. The summed E-state index contributed by atoms with van der Waals surface area (Å²) >= 11 is 12.3. The van der Waals surface area contributed by atoms with Crippen LogP contribution in [0.3, 0.4) is 0 Å². The molecular weight excluding hydrogens is 356 g/mol. The van der Waals surface area contributed by atoms with Gasteiger partial charge in [0.25, 0.3) is 0 Å². The fourth-order valence-electron chi connectivity index (χ4n) is 2.28. The van der Waals surface area contributed by atoms with Gasteiger partial charge in [0.1, 0.15) is 0 Å². The maximum atomic E-state index is 9.55. The van der Waals surface area contributed by atoms with E-state index in [0.717, 1.165) is 31.9 Å². The first kappa shape index (κ1) is 21.1. The average Bonchev–Trinajstić information content (AvgIpc) is 2.43. The Morgan fingerprint density at radius 3 is 2.33 bits per heavy atom. The van der Waals surface area contributed by atoms with E-state index >= 15 is 0 Å². The second-order valence-corrected chi connectivity index (χ2v) is 5.54. The second-order valence-electron chi connectivity index (χ2n) is 4.75. The second kappa shape index (κ2) is 9.95. The van der Waals surface area contributed by atoms with Gasteiger partial charge >= 0.3 is 0 Å². The minimum Gasteiger partial charge on any atom is -0.390 e. The van der Waals surface area contributed by atoms with Crippen LogP contribution < -0.4 is 10.6 Å². The minimum absolute atomic E-state index is 0. The lowest BCUT2D eigenvalue weighted by Gasteiger charge is -2.37. The zero-order valence-electron chi connectivity index (χ0n) is 11.5. The molecule has 1 aromatic rings. The van der Waals surface area contributed by atoms with Crippen molar-refractivity contribution < 1.29 is 5.11 Å². The highest BCUT2D eigenvalue weighted by molar-refractivity contribution is 6.43. The zero-order valence-corrected chi connectivity index (χ0v) is 14.7. The Labute approximate surface area is 148 Å². The highest BCUT2D eigenvalue weighted by Crippen LogP contribution is 2.32. The van der Waals surface area contributed by atoms with E-state index in [0.29, 0.717) is 23.1 Å². The van der Waals surface area contributed by atoms with Crippen LogP contribution in [0.2, 0.25) is 10.0 Å². The molecule has 1 saturated heterocycles. The van der Waals surface area contributed by atoms with Gasteiger partial charge in [0.05, 0.1) is 21.8 Å². The van der Waals surface area contributed by atoms with Crippen LogP contribution in [0.1, 0.15) is 0 Å². The molecule has 122 valence electrons. The van der Waals surface area contributed by atoms with Gasteiger partial charge in [-0.15, -0.1) is 24.8 Å². The fourth-order valence-corrected chi connectivity index (χ4v) is 2.70. The highest BCUT2D eigenvalue weighted by Gasteiger charge is 2.20. The standard InChI is InChI=1S/C13H19Cl2N3O.2ClH/c14-11-2-1-3-12(13(11)15)18-6-4-17(5-7-18)9-10(19)8-16;;/h1-3,10,19H,4-9,16H2;2*1H. The van der Waals surface area contributed by atoms with Crippen LogP contribution in [-0.4, -0.2) is 55.4 Å². The molecule has 1 aliphatic rings. The van der Waals surface area contributed by atoms with Gasteiger partial charge in [-0.05, 0) is 12.1 Å². The predicted octanol–water partition coefficient (Wildman–Crippen LogP) is 2.28.